The lowest BCUT2D eigenvalue weighted by Gasteiger charge is -2.28. The van der Waals surface area contributed by atoms with E-state index in [2.05, 4.69) is 35.7 Å². The Morgan fingerprint density at radius 3 is 2.35 bits per heavy atom. The van der Waals surface area contributed by atoms with Gasteiger partial charge in [0.05, 0.1) is 13.1 Å². The van der Waals surface area contributed by atoms with Gasteiger partial charge in [0.15, 0.2) is 6.04 Å². The van der Waals surface area contributed by atoms with Gasteiger partial charge in [0.25, 0.3) is 5.91 Å². The summed E-state index contributed by atoms with van der Waals surface area (Å²) in [6.45, 7) is 3.71. The average Bonchev–Trinajstić information content (AvgIpc) is 2.68. The van der Waals surface area contributed by atoms with Crippen molar-refractivity contribution in [3.63, 3.8) is 0 Å². The van der Waals surface area contributed by atoms with E-state index in [1.165, 1.54) is 16.0 Å². The SMILES string of the molecule is C[C@@H](C(=O)Nc1ccc(C(N)=O)cc1)[NH+]1CC=C(c2ccccc2)CC1. The number of anilines is 1. The van der Waals surface area contributed by atoms with Crippen LogP contribution in [-0.4, -0.2) is 30.9 Å². The van der Waals surface area contributed by atoms with Gasteiger partial charge in [0.2, 0.25) is 5.91 Å². The van der Waals surface area contributed by atoms with Gasteiger partial charge in [-0.25, -0.2) is 0 Å². The summed E-state index contributed by atoms with van der Waals surface area (Å²) in [4.78, 5) is 24.9. The topological polar surface area (TPSA) is 76.6 Å². The zero-order valence-corrected chi connectivity index (χ0v) is 14.9. The van der Waals surface area contributed by atoms with Crippen LogP contribution in [0.4, 0.5) is 5.69 Å². The van der Waals surface area contributed by atoms with Gasteiger partial charge in [-0.1, -0.05) is 30.3 Å². The van der Waals surface area contributed by atoms with Gasteiger partial charge < -0.3 is 16.0 Å². The average molecular weight is 350 g/mol. The summed E-state index contributed by atoms with van der Waals surface area (Å²) in [5.74, 6) is -0.501. The van der Waals surface area contributed by atoms with Crippen LogP contribution in [0.1, 0.15) is 29.3 Å². The quantitative estimate of drug-likeness (QED) is 0.764. The van der Waals surface area contributed by atoms with Gasteiger partial charge >= 0.3 is 0 Å². The summed E-state index contributed by atoms with van der Waals surface area (Å²) in [5, 5.41) is 2.92. The molecule has 5 nitrogen and oxygen atoms in total. The fraction of sp³-hybridized carbons (Fsp3) is 0.238. The first kappa shape index (κ1) is 17.9. The summed E-state index contributed by atoms with van der Waals surface area (Å²) in [6.07, 6.45) is 3.20. The minimum Gasteiger partial charge on any atom is -0.366 e. The number of carbonyl (C=O) groups is 2. The fourth-order valence-electron chi connectivity index (χ4n) is 3.22. The van der Waals surface area contributed by atoms with Gasteiger partial charge in [-0.3, -0.25) is 9.59 Å². The molecule has 0 radical (unpaired) electrons. The van der Waals surface area contributed by atoms with Crippen molar-refractivity contribution in [2.45, 2.75) is 19.4 Å². The highest BCUT2D eigenvalue weighted by molar-refractivity contribution is 5.96. The Labute approximate surface area is 153 Å². The molecule has 0 spiro atoms. The lowest BCUT2D eigenvalue weighted by molar-refractivity contribution is -0.909. The normalized spacial score (nSPS) is 17.9. The number of benzene rings is 2. The van der Waals surface area contributed by atoms with Gasteiger partial charge in [-0.05, 0) is 48.4 Å². The largest absolute Gasteiger partial charge is 0.366 e. The molecule has 1 aliphatic rings. The monoisotopic (exact) mass is 350 g/mol. The van der Waals surface area contributed by atoms with Gasteiger partial charge in [-0.2, -0.15) is 0 Å². The highest BCUT2D eigenvalue weighted by Crippen LogP contribution is 2.18. The highest BCUT2D eigenvalue weighted by atomic mass is 16.2. The lowest BCUT2D eigenvalue weighted by atomic mass is 9.99. The van der Waals surface area contributed by atoms with Crippen LogP contribution in [0.3, 0.4) is 0 Å². The summed E-state index contributed by atoms with van der Waals surface area (Å²) in [7, 11) is 0. The summed E-state index contributed by atoms with van der Waals surface area (Å²) < 4.78 is 0. The van der Waals surface area contributed by atoms with Crippen molar-refractivity contribution in [2.24, 2.45) is 5.73 Å². The molecule has 0 saturated carbocycles. The summed E-state index contributed by atoms with van der Waals surface area (Å²) in [5.41, 5.74) is 8.94. The number of carbonyl (C=O) groups excluding carboxylic acids is 2. The fourth-order valence-corrected chi connectivity index (χ4v) is 3.22. The molecule has 0 bridgehead atoms. The molecule has 2 aromatic rings. The number of nitrogens with one attached hydrogen (secondary N) is 2. The standard InChI is InChI=1S/C21H23N3O2/c1-15(21(26)23-19-9-7-18(8-10-19)20(22)25)24-13-11-17(12-14-24)16-5-3-2-4-6-16/h2-11,15H,12-14H2,1H3,(H2,22,25)(H,23,26)/p+1/t15-/m0/s1. The van der Waals surface area contributed by atoms with Crippen LogP contribution < -0.4 is 16.0 Å². The van der Waals surface area contributed by atoms with Crippen molar-refractivity contribution in [1.82, 2.24) is 0 Å². The Hall–Kier alpha value is -2.92. The number of primary amides is 1. The van der Waals surface area contributed by atoms with Crippen LogP contribution >= 0.6 is 0 Å². The maximum absolute atomic E-state index is 12.5. The second-order valence-corrected chi connectivity index (χ2v) is 6.61. The number of hydrogen-bond donors (Lipinski definition) is 3. The summed E-state index contributed by atoms with van der Waals surface area (Å²) >= 11 is 0. The van der Waals surface area contributed by atoms with Crippen molar-refractivity contribution in [3.8, 4) is 0 Å². The predicted octanol–water partition coefficient (Wildman–Crippen LogP) is 1.48. The Kier molecular flexibility index (Phi) is 5.49. The van der Waals surface area contributed by atoms with E-state index in [0.717, 1.165) is 19.5 Å². The number of hydrogen-bond acceptors (Lipinski definition) is 2. The van der Waals surface area contributed by atoms with Crippen molar-refractivity contribution < 1.29 is 14.5 Å². The van der Waals surface area contributed by atoms with E-state index in [0.29, 0.717) is 11.3 Å². The molecular weight excluding hydrogens is 326 g/mol. The smallest absolute Gasteiger partial charge is 0.282 e. The van der Waals surface area contributed by atoms with Crippen molar-refractivity contribution in [1.29, 1.82) is 0 Å². The van der Waals surface area contributed by atoms with Gasteiger partial charge in [0.1, 0.15) is 0 Å². The predicted molar refractivity (Wildman–Crippen MR) is 103 cm³/mol. The molecule has 3 rings (SSSR count). The van der Waals surface area contributed by atoms with Gasteiger partial charge in [-0.15, -0.1) is 0 Å². The van der Waals surface area contributed by atoms with Crippen LogP contribution in [0.2, 0.25) is 0 Å². The van der Waals surface area contributed by atoms with E-state index >= 15 is 0 Å². The van der Waals surface area contributed by atoms with E-state index in [4.69, 9.17) is 5.73 Å². The molecule has 2 atom stereocenters. The van der Waals surface area contributed by atoms with Crippen molar-refractivity contribution in [3.05, 3.63) is 71.8 Å². The zero-order chi connectivity index (χ0) is 18.5. The van der Waals surface area contributed by atoms with Crippen LogP contribution in [0.5, 0.6) is 0 Å². The molecule has 0 saturated heterocycles. The van der Waals surface area contributed by atoms with Crippen LogP contribution in [0, 0.1) is 0 Å². The molecule has 1 heterocycles. The third kappa shape index (κ3) is 4.18. The Morgan fingerprint density at radius 1 is 1.08 bits per heavy atom. The van der Waals surface area contributed by atoms with Gasteiger partial charge in [0, 0.05) is 17.7 Å². The molecule has 2 aromatic carbocycles. The maximum Gasteiger partial charge on any atom is 0.282 e. The van der Waals surface area contributed by atoms with E-state index in [9.17, 15) is 9.59 Å². The number of amides is 2. The molecule has 1 unspecified atom stereocenters. The molecule has 4 N–H and O–H groups in total. The Balaban J connectivity index is 1.59. The number of rotatable bonds is 5. The molecule has 0 fully saturated rings. The van der Waals surface area contributed by atoms with E-state index in [1.807, 2.05) is 13.0 Å². The number of nitrogens with two attached hydrogens (primary N) is 1. The van der Waals surface area contributed by atoms with E-state index in [-0.39, 0.29) is 11.9 Å². The highest BCUT2D eigenvalue weighted by Gasteiger charge is 2.27. The van der Waals surface area contributed by atoms with Crippen molar-refractivity contribution >= 4 is 23.1 Å². The van der Waals surface area contributed by atoms with Crippen LogP contribution in [0.15, 0.2) is 60.7 Å². The minimum atomic E-state index is -0.477. The molecule has 1 aliphatic heterocycles. The molecule has 26 heavy (non-hydrogen) atoms. The first-order chi connectivity index (χ1) is 12.5. The van der Waals surface area contributed by atoms with Crippen LogP contribution in [0.25, 0.3) is 5.57 Å². The third-order valence-electron chi connectivity index (χ3n) is 4.91. The van der Waals surface area contributed by atoms with Crippen molar-refractivity contribution in [2.75, 3.05) is 18.4 Å². The molecule has 134 valence electrons. The number of quaternary nitrogens is 1. The first-order valence-corrected chi connectivity index (χ1v) is 8.84. The molecule has 0 aliphatic carbocycles. The maximum atomic E-state index is 12.5. The Bertz CT molecular complexity index is 813. The second kappa shape index (κ2) is 7.97. The Morgan fingerprint density at radius 2 is 1.77 bits per heavy atom. The third-order valence-corrected chi connectivity index (χ3v) is 4.91. The molecule has 5 heteroatoms. The first-order valence-electron chi connectivity index (χ1n) is 8.84. The zero-order valence-electron chi connectivity index (χ0n) is 14.9. The van der Waals surface area contributed by atoms with E-state index in [1.54, 1.807) is 24.3 Å². The van der Waals surface area contributed by atoms with Crippen LogP contribution in [-0.2, 0) is 4.79 Å². The summed E-state index contributed by atoms with van der Waals surface area (Å²) in [6, 6.07) is 16.9. The molecule has 0 aromatic heterocycles. The minimum absolute atomic E-state index is 0.0246. The molecule has 2 amide bonds. The molecular formula is C21H24N3O2+. The second-order valence-electron chi connectivity index (χ2n) is 6.61. The lowest BCUT2D eigenvalue weighted by Crippen LogP contribution is -3.17. The van der Waals surface area contributed by atoms with E-state index < -0.39 is 5.91 Å².